The monoisotopic (exact) mass is 206 g/mol. The van der Waals surface area contributed by atoms with Crippen molar-refractivity contribution in [3.8, 4) is 0 Å². The van der Waals surface area contributed by atoms with Crippen molar-refractivity contribution in [3.05, 3.63) is 22.4 Å². The average molecular weight is 206 g/mol. The minimum absolute atomic E-state index is 0.148. The predicted octanol–water partition coefficient (Wildman–Crippen LogP) is 1.57. The van der Waals surface area contributed by atoms with Crippen LogP contribution in [-0.2, 0) is 16.5 Å². The first-order valence-electron chi connectivity index (χ1n) is 3.55. The lowest BCUT2D eigenvalue weighted by atomic mass is 10.3. The highest BCUT2D eigenvalue weighted by atomic mass is 32.2. The van der Waals surface area contributed by atoms with Gasteiger partial charge in [0.2, 0.25) is 0 Å². The molecular formula is C7H10O3S2. The Bertz CT molecular complexity index is 312. The van der Waals surface area contributed by atoms with Gasteiger partial charge in [-0.05, 0) is 24.3 Å². The van der Waals surface area contributed by atoms with Crippen molar-refractivity contribution in [2.45, 2.75) is 12.8 Å². The van der Waals surface area contributed by atoms with E-state index in [1.54, 1.807) is 11.3 Å². The highest BCUT2D eigenvalue weighted by Crippen LogP contribution is 2.10. The second-order valence-corrected chi connectivity index (χ2v) is 5.07. The van der Waals surface area contributed by atoms with Crippen molar-refractivity contribution < 1.29 is 13.0 Å². The number of hydrogen-bond acceptors (Lipinski definition) is 3. The van der Waals surface area contributed by atoms with Crippen molar-refractivity contribution in [2.75, 3.05) is 5.75 Å². The smallest absolute Gasteiger partial charge is 0.264 e. The molecule has 0 unspecified atom stereocenters. The molecule has 1 rings (SSSR count). The molecule has 0 aliphatic heterocycles. The van der Waals surface area contributed by atoms with E-state index in [9.17, 15) is 8.42 Å². The summed E-state index contributed by atoms with van der Waals surface area (Å²) in [6.45, 7) is 0. The highest BCUT2D eigenvalue weighted by Gasteiger charge is 2.03. The first kappa shape index (κ1) is 9.70. The lowest BCUT2D eigenvalue weighted by molar-refractivity contribution is 0.481. The summed E-state index contributed by atoms with van der Waals surface area (Å²) in [5.74, 6) is -0.148. The van der Waals surface area contributed by atoms with Crippen molar-refractivity contribution in [1.82, 2.24) is 0 Å². The molecule has 0 aromatic carbocycles. The molecule has 0 amide bonds. The Balaban J connectivity index is 2.29. The standard InChI is InChI=1S/C7H10O3S2/c8-12(9,10)6-2-4-7-3-1-5-11-7/h1,3,5H,2,4,6H2,(H,8,9,10). The van der Waals surface area contributed by atoms with E-state index in [4.69, 9.17) is 4.55 Å². The maximum absolute atomic E-state index is 10.3. The van der Waals surface area contributed by atoms with E-state index >= 15 is 0 Å². The number of aryl methyl sites for hydroxylation is 1. The highest BCUT2D eigenvalue weighted by molar-refractivity contribution is 7.85. The van der Waals surface area contributed by atoms with Gasteiger partial charge in [-0.25, -0.2) is 0 Å². The molecule has 0 aliphatic carbocycles. The van der Waals surface area contributed by atoms with Crippen LogP contribution >= 0.6 is 11.3 Å². The zero-order valence-electron chi connectivity index (χ0n) is 6.43. The van der Waals surface area contributed by atoms with Crippen LogP contribution in [0.15, 0.2) is 17.5 Å². The first-order valence-corrected chi connectivity index (χ1v) is 6.04. The van der Waals surface area contributed by atoms with Crippen molar-refractivity contribution >= 4 is 21.5 Å². The molecule has 0 spiro atoms. The predicted molar refractivity (Wildman–Crippen MR) is 49.1 cm³/mol. The molecule has 68 valence electrons. The minimum Gasteiger partial charge on any atom is -0.286 e. The van der Waals surface area contributed by atoms with Crippen LogP contribution in [0.3, 0.4) is 0 Å². The Labute approximate surface area is 75.8 Å². The van der Waals surface area contributed by atoms with Crippen LogP contribution in [0.25, 0.3) is 0 Å². The van der Waals surface area contributed by atoms with E-state index in [-0.39, 0.29) is 5.75 Å². The molecule has 3 nitrogen and oxygen atoms in total. The molecule has 0 bridgehead atoms. The topological polar surface area (TPSA) is 54.4 Å². The lowest BCUT2D eigenvalue weighted by Gasteiger charge is -1.94. The number of rotatable bonds is 4. The molecule has 0 saturated carbocycles. The van der Waals surface area contributed by atoms with Gasteiger partial charge in [0, 0.05) is 4.88 Å². The summed E-state index contributed by atoms with van der Waals surface area (Å²) >= 11 is 1.60. The SMILES string of the molecule is O=S(=O)(O)CCCc1cccs1. The average Bonchev–Trinajstić information content (AvgIpc) is 2.36. The third-order valence-corrected chi connectivity index (χ3v) is 3.15. The van der Waals surface area contributed by atoms with Gasteiger partial charge in [0.1, 0.15) is 0 Å². The second kappa shape index (κ2) is 4.02. The van der Waals surface area contributed by atoms with Gasteiger partial charge in [-0.3, -0.25) is 4.55 Å². The van der Waals surface area contributed by atoms with Gasteiger partial charge in [-0.1, -0.05) is 6.07 Å². The molecule has 1 N–H and O–H groups in total. The van der Waals surface area contributed by atoms with Crippen molar-refractivity contribution in [1.29, 1.82) is 0 Å². The molecule has 0 saturated heterocycles. The summed E-state index contributed by atoms with van der Waals surface area (Å²) in [5.41, 5.74) is 0. The van der Waals surface area contributed by atoms with Gasteiger partial charge in [0.05, 0.1) is 5.75 Å². The van der Waals surface area contributed by atoms with Crippen LogP contribution in [0.5, 0.6) is 0 Å². The van der Waals surface area contributed by atoms with Gasteiger partial charge in [-0.2, -0.15) is 8.42 Å². The van der Waals surface area contributed by atoms with Crippen LogP contribution in [0.4, 0.5) is 0 Å². The lowest BCUT2D eigenvalue weighted by Crippen LogP contribution is -2.04. The molecule has 12 heavy (non-hydrogen) atoms. The fourth-order valence-corrected chi connectivity index (χ4v) is 2.14. The van der Waals surface area contributed by atoms with Gasteiger partial charge in [-0.15, -0.1) is 11.3 Å². The summed E-state index contributed by atoms with van der Waals surface area (Å²) in [6.07, 6.45) is 1.21. The Morgan fingerprint density at radius 1 is 1.50 bits per heavy atom. The molecule has 1 aromatic heterocycles. The van der Waals surface area contributed by atoms with Gasteiger partial charge >= 0.3 is 0 Å². The van der Waals surface area contributed by atoms with Crippen LogP contribution in [0.1, 0.15) is 11.3 Å². The summed E-state index contributed by atoms with van der Waals surface area (Å²) < 4.78 is 29.1. The van der Waals surface area contributed by atoms with E-state index in [1.165, 1.54) is 0 Å². The second-order valence-electron chi connectivity index (χ2n) is 2.47. The first-order chi connectivity index (χ1) is 5.58. The Morgan fingerprint density at radius 3 is 2.75 bits per heavy atom. The van der Waals surface area contributed by atoms with Gasteiger partial charge in [0.25, 0.3) is 10.1 Å². The van der Waals surface area contributed by atoms with Gasteiger partial charge in [0.15, 0.2) is 0 Å². The Kier molecular flexibility index (Phi) is 3.25. The summed E-state index contributed by atoms with van der Waals surface area (Å²) in [4.78, 5) is 1.15. The third-order valence-electron chi connectivity index (χ3n) is 1.41. The summed E-state index contributed by atoms with van der Waals surface area (Å²) in [6, 6.07) is 3.88. The van der Waals surface area contributed by atoms with Crippen LogP contribution in [0.2, 0.25) is 0 Å². The Morgan fingerprint density at radius 2 is 2.25 bits per heavy atom. The molecule has 0 aliphatic rings. The molecule has 5 heteroatoms. The van der Waals surface area contributed by atoms with E-state index in [1.807, 2.05) is 17.5 Å². The fraction of sp³-hybridized carbons (Fsp3) is 0.429. The van der Waals surface area contributed by atoms with Crippen molar-refractivity contribution in [2.24, 2.45) is 0 Å². The van der Waals surface area contributed by atoms with E-state index in [0.717, 1.165) is 11.3 Å². The summed E-state index contributed by atoms with van der Waals surface area (Å²) in [5, 5.41) is 1.95. The van der Waals surface area contributed by atoms with Crippen molar-refractivity contribution in [3.63, 3.8) is 0 Å². The quantitative estimate of drug-likeness (QED) is 0.761. The maximum atomic E-state index is 10.3. The van der Waals surface area contributed by atoms with E-state index in [2.05, 4.69) is 0 Å². The fourth-order valence-electron chi connectivity index (χ4n) is 0.884. The maximum Gasteiger partial charge on any atom is 0.264 e. The minimum atomic E-state index is -3.77. The number of thiophene rings is 1. The molecule has 1 aromatic rings. The molecular weight excluding hydrogens is 196 g/mol. The molecule has 0 atom stereocenters. The van der Waals surface area contributed by atoms with E-state index < -0.39 is 10.1 Å². The molecule has 0 radical (unpaired) electrons. The van der Waals surface area contributed by atoms with Crippen LogP contribution in [-0.4, -0.2) is 18.7 Å². The van der Waals surface area contributed by atoms with Gasteiger partial charge < -0.3 is 0 Å². The van der Waals surface area contributed by atoms with E-state index in [0.29, 0.717) is 6.42 Å². The Hall–Kier alpha value is -0.390. The molecule has 0 fully saturated rings. The number of hydrogen-bond donors (Lipinski definition) is 1. The third kappa shape index (κ3) is 3.85. The molecule has 1 heterocycles. The van der Waals surface area contributed by atoms with Crippen LogP contribution < -0.4 is 0 Å². The normalized spacial score (nSPS) is 11.8. The zero-order chi connectivity index (χ0) is 9.03. The van der Waals surface area contributed by atoms with Crippen LogP contribution in [0, 0.1) is 0 Å². The largest absolute Gasteiger partial charge is 0.286 e. The zero-order valence-corrected chi connectivity index (χ0v) is 8.07. The summed E-state index contributed by atoms with van der Waals surface area (Å²) in [7, 11) is -3.77.